The molecule has 128 valence electrons. The van der Waals surface area contributed by atoms with Crippen LogP contribution in [0.1, 0.15) is 16.7 Å². The Morgan fingerprint density at radius 3 is 1.88 bits per heavy atom. The van der Waals surface area contributed by atoms with Crippen LogP contribution in [-0.2, 0) is 10.3 Å². The summed E-state index contributed by atoms with van der Waals surface area (Å²) < 4.78 is 0. The van der Waals surface area contributed by atoms with E-state index in [1.54, 1.807) is 0 Å². The Balaban J connectivity index is 2.06. The Labute approximate surface area is 152 Å². The molecule has 0 spiro atoms. The highest BCUT2D eigenvalue weighted by Crippen LogP contribution is 2.50. The van der Waals surface area contributed by atoms with E-state index in [1.807, 2.05) is 54.6 Å². The van der Waals surface area contributed by atoms with Gasteiger partial charge in [-0.2, -0.15) is 0 Å². The standard InChI is InChI=1S/C23H19NO2/c1-2-21(22(25)26)24-23(16-10-4-3-5-11-16)19-14-8-6-12-17(19)18-13-7-9-15-20(18)23/h2-15,21,24H,1H2,(H,25,26)/t21-/m0/s1. The van der Waals surface area contributed by atoms with Crippen molar-refractivity contribution in [3.05, 3.63) is 108 Å². The number of aliphatic carboxylic acids is 1. The maximum Gasteiger partial charge on any atom is 0.324 e. The molecule has 0 saturated heterocycles. The van der Waals surface area contributed by atoms with E-state index in [0.717, 1.165) is 27.8 Å². The van der Waals surface area contributed by atoms with Crippen LogP contribution >= 0.6 is 0 Å². The molecule has 3 nitrogen and oxygen atoms in total. The highest BCUT2D eigenvalue weighted by atomic mass is 16.4. The smallest absolute Gasteiger partial charge is 0.324 e. The summed E-state index contributed by atoms with van der Waals surface area (Å²) in [6, 6.07) is 25.4. The molecule has 1 aliphatic carbocycles. The normalized spacial score (nSPS) is 14.9. The first-order chi connectivity index (χ1) is 12.7. The van der Waals surface area contributed by atoms with E-state index in [4.69, 9.17) is 0 Å². The summed E-state index contributed by atoms with van der Waals surface area (Å²) in [5, 5.41) is 13.0. The Morgan fingerprint density at radius 2 is 1.38 bits per heavy atom. The molecular weight excluding hydrogens is 322 g/mol. The maximum absolute atomic E-state index is 11.8. The first-order valence-corrected chi connectivity index (χ1v) is 8.56. The molecule has 0 heterocycles. The van der Waals surface area contributed by atoms with Crippen LogP contribution in [0.5, 0.6) is 0 Å². The first-order valence-electron chi connectivity index (χ1n) is 8.56. The van der Waals surface area contributed by atoms with Gasteiger partial charge >= 0.3 is 5.97 Å². The van der Waals surface area contributed by atoms with E-state index < -0.39 is 17.6 Å². The predicted molar refractivity (Wildman–Crippen MR) is 103 cm³/mol. The van der Waals surface area contributed by atoms with Gasteiger partial charge in [0.05, 0.1) is 5.54 Å². The van der Waals surface area contributed by atoms with Crippen LogP contribution in [0.3, 0.4) is 0 Å². The molecule has 0 saturated carbocycles. The zero-order chi connectivity index (χ0) is 18.1. The second kappa shape index (κ2) is 6.28. The number of benzene rings is 3. The number of rotatable bonds is 5. The van der Waals surface area contributed by atoms with Crippen LogP contribution in [0.25, 0.3) is 11.1 Å². The fraction of sp³-hybridized carbons (Fsp3) is 0.0870. The Hall–Kier alpha value is -3.17. The summed E-state index contributed by atoms with van der Waals surface area (Å²) in [4.78, 5) is 11.8. The summed E-state index contributed by atoms with van der Waals surface area (Å²) in [6.07, 6.45) is 1.44. The SMILES string of the molecule is C=C[C@H](NC1(c2ccccc2)c2ccccc2-c2ccccc21)C(=O)O. The van der Waals surface area contributed by atoms with Crippen molar-refractivity contribution in [2.75, 3.05) is 0 Å². The Bertz CT molecular complexity index is 933. The van der Waals surface area contributed by atoms with Gasteiger partial charge in [0.2, 0.25) is 0 Å². The van der Waals surface area contributed by atoms with E-state index >= 15 is 0 Å². The van der Waals surface area contributed by atoms with Crippen LogP contribution in [0.15, 0.2) is 91.5 Å². The van der Waals surface area contributed by atoms with Crippen molar-refractivity contribution in [1.82, 2.24) is 5.32 Å². The lowest BCUT2D eigenvalue weighted by atomic mass is 9.80. The molecule has 4 rings (SSSR count). The molecule has 3 heteroatoms. The minimum absolute atomic E-state index is 0.744. The average molecular weight is 341 g/mol. The summed E-state index contributed by atoms with van der Waals surface area (Å²) >= 11 is 0. The Kier molecular flexibility index (Phi) is 3.94. The van der Waals surface area contributed by atoms with Gasteiger partial charge in [-0.05, 0) is 27.8 Å². The van der Waals surface area contributed by atoms with Gasteiger partial charge in [-0.1, -0.05) is 84.9 Å². The van der Waals surface area contributed by atoms with Crippen molar-refractivity contribution >= 4 is 5.97 Å². The molecular formula is C23H19NO2. The van der Waals surface area contributed by atoms with Crippen LogP contribution in [0, 0.1) is 0 Å². The lowest BCUT2D eigenvalue weighted by molar-refractivity contribution is -0.138. The molecule has 1 atom stereocenters. The molecule has 0 fully saturated rings. The molecule has 3 aromatic carbocycles. The number of nitrogens with one attached hydrogen (secondary N) is 1. The number of carboxylic acid groups (broad SMARTS) is 1. The summed E-state index contributed by atoms with van der Waals surface area (Å²) in [5.74, 6) is -0.947. The molecule has 0 aliphatic heterocycles. The van der Waals surface area contributed by atoms with Gasteiger partial charge in [0.15, 0.2) is 0 Å². The number of hydrogen-bond donors (Lipinski definition) is 2. The fourth-order valence-electron chi connectivity index (χ4n) is 3.93. The first kappa shape index (κ1) is 16.3. The second-order valence-corrected chi connectivity index (χ2v) is 6.40. The zero-order valence-corrected chi connectivity index (χ0v) is 14.2. The topological polar surface area (TPSA) is 49.3 Å². The van der Waals surface area contributed by atoms with Crippen molar-refractivity contribution in [2.24, 2.45) is 0 Å². The molecule has 2 N–H and O–H groups in total. The van der Waals surface area contributed by atoms with E-state index in [0.29, 0.717) is 0 Å². The Morgan fingerprint density at radius 1 is 0.885 bits per heavy atom. The molecule has 3 aromatic rings. The molecule has 0 unspecified atom stereocenters. The quantitative estimate of drug-likeness (QED) is 0.684. The van der Waals surface area contributed by atoms with E-state index in [2.05, 4.69) is 36.2 Å². The summed E-state index contributed by atoms with van der Waals surface area (Å²) in [6.45, 7) is 3.72. The minimum atomic E-state index is -0.947. The van der Waals surface area contributed by atoms with Gasteiger partial charge in [-0.25, -0.2) is 0 Å². The number of carboxylic acids is 1. The van der Waals surface area contributed by atoms with Crippen molar-refractivity contribution in [3.8, 4) is 11.1 Å². The van der Waals surface area contributed by atoms with Crippen LogP contribution in [-0.4, -0.2) is 17.1 Å². The molecule has 1 aliphatic rings. The monoisotopic (exact) mass is 341 g/mol. The molecule has 0 amide bonds. The van der Waals surface area contributed by atoms with Crippen molar-refractivity contribution < 1.29 is 9.90 Å². The second-order valence-electron chi connectivity index (χ2n) is 6.40. The highest BCUT2D eigenvalue weighted by molar-refractivity contribution is 5.84. The highest BCUT2D eigenvalue weighted by Gasteiger charge is 2.46. The largest absolute Gasteiger partial charge is 0.480 e. The van der Waals surface area contributed by atoms with Gasteiger partial charge in [0.1, 0.15) is 6.04 Å². The van der Waals surface area contributed by atoms with E-state index in [1.165, 1.54) is 6.08 Å². The van der Waals surface area contributed by atoms with E-state index in [9.17, 15) is 9.90 Å². The molecule has 0 radical (unpaired) electrons. The molecule has 0 bridgehead atoms. The van der Waals surface area contributed by atoms with Crippen molar-refractivity contribution in [1.29, 1.82) is 0 Å². The third-order valence-electron chi connectivity index (χ3n) is 5.03. The van der Waals surface area contributed by atoms with Gasteiger partial charge in [0.25, 0.3) is 0 Å². The zero-order valence-electron chi connectivity index (χ0n) is 14.2. The maximum atomic E-state index is 11.8. The van der Waals surface area contributed by atoms with Gasteiger partial charge < -0.3 is 5.11 Å². The van der Waals surface area contributed by atoms with Gasteiger partial charge in [-0.15, -0.1) is 6.58 Å². The van der Waals surface area contributed by atoms with Crippen molar-refractivity contribution in [2.45, 2.75) is 11.6 Å². The van der Waals surface area contributed by atoms with Crippen molar-refractivity contribution in [3.63, 3.8) is 0 Å². The van der Waals surface area contributed by atoms with Crippen LogP contribution in [0.4, 0.5) is 0 Å². The van der Waals surface area contributed by atoms with Gasteiger partial charge in [0, 0.05) is 0 Å². The summed E-state index contributed by atoms with van der Waals surface area (Å²) in [5.41, 5.74) is 4.61. The third kappa shape index (κ3) is 2.29. The third-order valence-corrected chi connectivity index (χ3v) is 5.03. The number of fused-ring (bicyclic) bond motifs is 3. The lowest BCUT2D eigenvalue weighted by Gasteiger charge is -2.36. The molecule has 0 aromatic heterocycles. The lowest BCUT2D eigenvalue weighted by Crippen LogP contribution is -2.50. The molecule has 26 heavy (non-hydrogen) atoms. The number of carbonyl (C=O) groups is 1. The predicted octanol–water partition coefficient (Wildman–Crippen LogP) is 4.19. The van der Waals surface area contributed by atoms with E-state index in [-0.39, 0.29) is 0 Å². The number of hydrogen-bond acceptors (Lipinski definition) is 2. The van der Waals surface area contributed by atoms with Crippen LogP contribution in [0.2, 0.25) is 0 Å². The average Bonchev–Trinajstić information content (AvgIpc) is 2.98. The minimum Gasteiger partial charge on any atom is -0.480 e. The van der Waals surface area contributed by atoms with Gasteiger partial charge in [-0.3, -0.25) is 10.1 Å². The van der Waals surface area contributed by atoms with Crippen LogP contribution < -0.4 is 5.32 Å². The fourth-order valence-corrected chi connectivity index (χ4v) is 3.93. The summed E-state index contributed by atoms with van der Waals surface area (Å²) in [7, 11) is 0.